The van der Waals surface area contributed by atoms with Crippen molar-refractivity contribution in [3.63, 3.8) is 0 Å². The first-order valence-electron chi connectivity index (χ1n) is 8.81. The molecule has 0 aliphatic rings. The first-order valence-corrected chi connectivity index (χ1v) is 8.81. The summed E-state index contributed by atoms with van der Waals surface area (Å²) in [6, 6.07) is 14.1. The molecule has 0 saturated carbocycles. The molecule has 2 aromatic carbocycles. The Balaban J connectivity index is 1.77. The molecule has 2 aromatic rings. The third-order valence-electron chi connectivity index (χ3n) is 3.88. The molecule has 0 fully saturated rings. The number of benzene rings is 2. The van der Waals surface area contributed by atoms with Gasteiger partial charge in [-0.1, -0.05) is 30.3 Å². The molecule has 6 nitrogen and oxygen atoms in total. The van der Waals surface area contributed by atoms with Gasteiger partial charge in [-0.15, -0.1) is 13.2 Å². The zero-order chi connectivity index (χ0) is 21.4. The molecule has 2 rings (SSSR count). The quantitative estimate of drug-likeness (QED) is 0.702. The Labute approximate surface area is 166 Å². The Morgan fingerprint density at radius 1 is 1.00 bits per heavy atom. The largest absolute Gasteiger partial charge is 0.573 e. The van der Waals surface area contributed by atoms with E-state index < -0.39 is 12.3 Å². The summed E-state index contributed by atoms with van der Waals surface area (Å²) in [6.45, 7) is 1.82. The summed E-state index contributed by atoms with van der Waals surface area (Å²) in [5, 5.41) is 5.41. The van der Waals surface area contributed by atoms with Crippen LogP contribution in [-0.2, 0) is 9.59 Å². The third-order valence-corrected chi connectivity index (χ3v) is 3.88. The van der Waals surface area contributed by atoms with E-state index in [4.69, 9.17) is 0 Å². The van der Waals surface area contributed by atoms with E-state index in [9.17, 15) is 22.8 Å². The van der Waals surface area contributed by atoms with Gasteiger partial charge >= 0.3 is 6.36 Å². The number of ether oxygens (including phenoxy) is 1. The fraction of sp³-hybridized carbons (Fsp3) is 0.300. The Morgan fingerprint density at radius 3 is 2.17 bits per heavy atom. The van der Waals surface area contributed by atoms with Crippen LogP contribution in [0, 0.1) is 0 Å². The molecule has 0 heterocycles. The van der Waals surface area contributed by atoms with Crippen LogP contribution < -0.4 is 15.4 Å². The maximum Gasteiger partial charge on any atom is 0.573 e. The van der Waals surface area contributed by atoms with E-state index in [0.717, 1.165) is 17.7 Å². The molecule has 0 saturated heterocycles. The lowest BCUT2D eigenvalue weighted by Gasteiger charge is -2.19. The smallest absolute Gasteiger partial charge is 0.406 e. The van der Waals surface area contributed by atoms with E-state index in [0.29, 0.717) is 5.69 Å². The summed E-state index contributed by atoms with van der Waals surface area (Å²) in [5.74, 6) is -1.01. The van der Waals surface area contributed by atoms with E-state index in [1.54, 1.807) is 7.05 Å². The number of rotatable bonds is 8. The fourth-order valence-electron chi connectivity index (χ4n) is 2.60. The van der Waals surface area contributed by atoms with Crippen LogP contribution in [0.25, 0.3) is 0 Å². The van der Waals surface area contributed by atoms with Crippen LogP contribution in [0.4, 0.5) is 18.9 Å². The Morgan fingerprint density at radius 2 is 1.59 bits per heavy atom. The third kappa shape index (κ3) is 8.22. The van der Waals surface area contributed by atoms with Gasteiger partial charge in [0.2, 0.25) is 11.8 Å². The molecule has 0 bridgehead atoms. The number of anilines is 1. The first-order chi connectivity index (χ1) is 13.6. The SMILES string of the molecule is C[C@H](NC(=O)CN(C)CC(=O)Nc1ccc(OC(F)(F)F)cc1)c1ccccc1. The maximum absolute atomic E-state index is 12.1. The van der Waals surface area contributed by atoms with Crippen molar-refractivity contribution < 1.29 is 27.5 Å². The van der Waals surface area contributed by atoms with Crippen molar-refractivity contribution in [2.75, 3.05) is 25.5 Å². The molecule has 0 radical (unpaired) electrons. The summed E-state index contributed by atoms with van der Waals surface area (Å²) in [6.07, 6.45) is -4.77. The predicted octanol–water partition coefficient (Wildman–Crippen LogP) is 3.33. The number of nitrogens with one attached hydrogen (secondary N) is 2. The summed E-state index contributed by atoms with van der Waals surface area (Å²) in [5.41, 5.74) is 1.29. The highest BCUT2D eigenvalue weighted by Gasteiger charge is 2.30. The second-order valence-electron chi connectivity index (χ2n) is 6.49. The number of carbonyl (C=O) groups is 2. The van der Waals surface area contributed by atoms with Gasteiger partial charge < -0.3 is 15.4 Å². The van der Waals surface area contributed by atoms with Crippen molar-refractivity contribution in [3.05, 3.63) is 60.2 Å². The summed E-state index contributed by atoms with van der Waals surface area (Å²) in [4.78, 5) is 25.7. The van der Waals surface area contributed by atoms with E-state index in [2.05, 4.69) is 15.4 Å². The van der Waals surface area contributed by atoms with Crippen molar-refractivity contribution in [2.45, 2.75) is 19.3 Å². The topological polar surface area (TPSA) is 70.7 Å². The molecule has 0 aliphatic heterocycles. The Hall–Kier alpha value is -3.07. The standard InChI is InChI=1S/C20H22F3N3O3/c1-14(15-6-4-3-5-7-15)24-18(27)12-26(2)13-19(28)25-16-8-10-17(11-9-16)29-20(21,22)23/h3-11,14H,12-13H2,1-2H3,(H,24,27)(H,25,28)/t14-/m0/s1. The summed E-state index contributed by atoms with van der Waals surface area (Å²) < 4.78 is 40.2. The molecule has 0 aliphatic carbocycles. The second-order valence-corrected chi connectivity index (χ2v) is 6.49. The van der Waals surface area contributed by atoms with Crippen molar-refractivity contribution in [1.29, 1.82) is 0 Å². The molecule has 9 heteroatoms. The van der Waals surface area contributed by atoms with Gasteiger partial charge in [0.05, 0.1) is 19.1 Å². The van der Waals surface area contributed by atoms with E-state index in [-0.39, 0.29) is 30.8 Å². The highest BCUT2D eigenvalue weighted by molar-refractivity contribution is 5.92. The van der Waals surface area contributed by atoms with Crippen LogP contribution in [-0.4, -0.2) is 43.2 Å². The summed E-state index contributed by atoms with van der Waals surface area (Å²) in [7, 11) is 1.62. The molecule has 2 N–H and O–H groups in total. The minimum Gasteiger partial charge on any atom is -0.406 e. The van der Waals surface area contributed by atoms with Crippen molar-refractivity contribution in [1.82, 2.24) is 10.2 Å². The van der Waals surface area contributed by atoms with Gasteiger partial charge in [-0.3, -0.25) is 14.5 Å². The lowest BCUT2D eigenvalue weighted by Crippen LogP contribution is -2.39. The van der Waals surface area contributed by atoms with Gasteiger partial charge in [-0.25, -0.2) is 0 Å². The number of likely N-dealkylation sites (N-methyl/N-ethyl adjacent to an activating group) is 1. The Kier molecular flexibility index (Phi) is 7.60. The minimum absolute atomic E-state index is 0.0168. The van der Waals surface area contributed by atoms with E-state index in [1.165, 1.54) is 17.0 Å². The van der Waals surface area contributed by atoms with Gasteiger partial charge in [0, 0.05) is 5.69 Å². The van der Waals surface area contributed by atoms with Crippen molar-refractivity contribution >= 4 is 17.5 Å². The van der Waals surface area contributed by atoms with E-state index in [1.807, 2.05) is 37.3 Å². The molecular formula is C20H22F3N3O3. The lowest BCUT2D eigenvalue weighted by molar-refractivity contribution is -0.274. The lowest BCUT2D eigenvalue weighted by atomic mass is 10.1. The fourth-order valence-corrected chi connectivity index (χ4v) is 2.60. The average Bonchev–Trinajstić information content (AvgIpc) is 2.62. The van der Waals surface area contributed by atoms with Gasteiger partial charge in [0.15, 0.2) is 0 Å². The first kappa shape index (κ1) is 22.2. The van der Waals surface area contributed by atoms with Crippen molar-refractivity contribution in [2.24, 2.45) is 0 Å². The zero-order valence-corrected chi connectivity index (χ0v) is 16.0. The number of hydrogen-bond acceptors (Lipinski definition) is 4. The normalized spacial score (nSPS) is 12.3. The molecule has 0 aromatic heterocycles. The molecule has 156 valence electrons. The average molecular weight is 409 g/mol. The predicted molar refractivity (Wildman–Crippen MR) is 102 cm³/mol. The van der Waals surface area contributed by atoms with E-state index >= 15 is 0 Å². The Bertz CT molecular complexity index is 811. The van der Waals surface area contributed by atoms with Crippen LogP contribution >= 0.6 is 0 Å². The minimum atomic E-state index is -4.77. The van der Waals surface area contributed by atoms with Crippen LogP contribution in [0.15, 0.2) is 54.6 Å². The molecular weight excluding hydrogens is 387 g/mol. The maximum atomic E-state index is 12.1. The molecule has 0 spiro atoms. The highest BCUT2D eigenvalue weighted by Crippen LogP contribution is 2.23. The van der Waals surface area contributed by atoms with Gasteiger partial charge in [-0.05, 0) is 43.8 Å². The number of hydrogen-bond donors (Lipinski definition) is 2. The molecule has 29 heavy (non-hydrogen) atoms. The van der Waals surface area contributed by atoms with Crippen LogP contribution in [0.5, 0.6) is 5.75 Å². The van der Waals surface area contributed by atoms with Crippen LogP contribution in [0.2, 0.25) is 0 Å². The molecule has 0 unspecified atom stereocenters. The second kappa shape index (κ2) is 9.92. The molecule has 2 amide bonds. The number of alkyl halides is 3. The number of amides is 2. The number of halogens is 3. The van der Waals surface area contributed by atoms with Gasteiger partial charge in [0.1, 0.15) is 5.75 Å². The molecule has 1 atom stereocenters. The number of nitrogens with zero attached hydrogens (tertiary/aromatic N) is 1. The van der Waals surface area contributed by atoms with Gasteiger partial charge in [0.25, 0.3) is 0 Å². The highest BCUT2D eigenvalue weighted by atomic mass is 19.4. The van der Waals surface area contributed by atoms with Crippen LogP contribution in [0.3, 0.4) is 0 Å². The van der Waals surface area contributed by atoms with Gasteiger partial charge in [-0.2, -0.15) is 0 Å². The number of carbonyl (C=O) groups excluding carboxylic acids is 2. The van der Waals surface area contributed by atoms with Crippen LogP contribution in [0.1, 0.15) is 18.5 Å². The van der Waals surface area contributed by atoms with Crippen molar-refractivity contribution in [3.8, 4) is 5.75 Å². The summed E-state index contributed by atoms with van der Waals surface area (Å²) >= 11 is 0. The zero-order valence-electron chi connectivity index (χ0n) is 16.0. The monoisotopic (exact) mass is 409 g/mol.